The molecule has 1 aliphatic carbocycles. The summed E-state index contributed by atoms with van der Waals surface area (Å²) in [6.07, 6.45) is 3.87. The Morgan fingerprint density at radius 3 is 2.62 bits per heavy atom. The lowest BCUT2D eigenvalue weighted by Crippen LogP contribution is -2.39. The van der Waals surface area contributed by atoms with E-state index < -0.39 is 11.7 Å². The fourth-order valence-electron chi connectivity index (χ4n) is 3.05. The van der Waals surface area contributed by atoms with Gasteiger partial charge in [0.2, 0.25) is 0 Å². The zero-order valence-corrected chi connectivity index (χ0v) is 13.9. The molecule has 1 fully saturated rings. The molecule has 0 aromatic heterocycles. The third kappa shape index (κ3) is 4.57. The highest BCUT2D eigenvalue weighted by molar-refractivity contribution is 6.42. The molecule has 21 heavy (non-hydrogen) atoms. The third-order valence-electron chi connectivity index (χ3n) is 4.22. The first-order chi connectivity index (χ1) is 9.91. The van der Waals surface area contributed by atoms with Crippen LogP contribution in [0, 0.1) is 0 Å². The average Bonchev–Trinajstić information content (AvgIpc) is 2.85. The van der Waals surface area contributed by atoms with Gasteiger partial charge >= 0.3 is 0 Å². The number of likely N-dealkylation sites (N-methyl/N-ethyl adjacent to an activating group) is 1. The van der Waals surface area contributed by atoms with Crippen LogP contribution in [0.3, 0.4) is 0 Å². The van der Waals surface area contributed by atoms with E-state index in [0.29, 0.717) is 35.1 Å². The smallest absolute Gasteiger partial charge is 0.0817 e. The van der Waals surface area contributed by atoms with Crippen LogP contribution >= 0.6 is 23.2 Å². The Balaban J connectivity index is 1.85. The van der Waals surface area contributed by atoms with E-state index in [4.69, 9.17) is 23.2 Å². The summed E-state index contributed by atoms with van der Waals surface area (Å²) in [5.41, 5.74) is 0.116. The molecule has 5 heteroatoms. The minimum Gasteiger partial charge on any atom is -0.389 e. The molecule has 1 unspecified atom stereocenters. The first-order valence-corrected chi connectivity index (χ1v) is 8.20. The number of nitrogens with zero attached hydrogens (tertiary/aromatic N) is 1. The summed E-state index contributed by atoms with van der Waals surface area (Å²) >= 11 is 12.1. The Bertz CT molecular complexity index is 475. The molecule has 0 saturated heterocycles. The summed E-state index contributed by atoms with van der Waals surface area (Å²) in [5, 5.41) is 21.5. The van der Waals surface area contributed by atoms with E-state index in [0.717, 1.165) is 25.7 Å². The van der Waals surface area contributed by atoms with E-state index in [2.05, 4.69) is 4.90 Å². The maximum Gasteiger partial charge on any atom is 0.0817 e. The molecule has 118 valence electrons. The van der Waals surface area contributed by atoms with Crippen LogP contribution in [0.4, 0.5) is 0 Å². The summed E-state index contributed by atoms with van der Waals surface area (Å²) in [6, 6.07) is 5.29. The van der Waals surface area contributed by atoms with Gasteiger partial charge in [-0.1, -0.05) is 48.2 Å². The summed E-state index contributed by atoms with van der Waals surface area (Å²) in [4.78, 5) is 2.08. The van der Waals surface area contributed by atoms with Gasteiger partial charge in [0.1, 0.15) is 0 Å². The summed E-state index contributed by atoms with van der Waals surface area (Å²) in [7, 11) is 1.97. The molecule has 0 amide bonds. The second-order valence-electron chi connectivity index (χ2n) is 6.12. The van der Waals surface area contributed by atoms with Gasteiger partial charge in [-0.2, -0.15) is 0 Å². The van der Waals surface area contributed by atoms with Gasteiger partial charge < -0.3 is 15.1 Å². The van der Waals surface area contributed by atoms with Crippen LogP contribution in [0.1, 0.15) is 43.8 Å². The number of rotatable bonds is 6. The summed E-state index contributed by atoms with van der Waals surface area (Å²) in [6.45, 7) is 1.36. The van der Waals surface area contributed by atoms with Gasteiger partial charge in [0.25, 0.3) is 0 Å². The quantitative estimate of drug-likeness (QED) is 0.836. The number of benzene rings is 1. The molecule has 2 N–H and O–H groups in total. The minimum atomic E-state index is -0.642. The second kappa shape index (κ2) is 7.30. The fourth-order valence-corrected chi connectivity index (χ4v) is 3.48. The van der Waals surface area contributed by atoms with Crippen molar-refractivity contribution in [3.05, 3.63) is 33.8 Å². The van der Waals surface area contributed by atoms with E-state index in [9.17, 15) is 10.2 Å². The van der Waals surface area contributed by atoms with Crippen LogP contribution in [0.2, 0.25) is 10.0 Å². The maximum absolute atomic E-state index is 10.4. The lowest BCUT2D eigenvalue weighted by Gasteiger charge is -2.29. The lowest BCUT2D eigenvalue weighted by molar-refractivity contribution is 0.0129. The van der Waals surface area contributed by atoms with Gasteiger partial charge in [-0.3, -0.25) is 0 Å². The van der Waals surface area contributed by atoms with E-state index >= 15 is 0 Å². The highest BCUT2D eigenvalue weighted by Crippen LogP contribution is 2.32. The predicted molar refractivity (Wildman–Crippen MR) is 87.0 cm³/mol. The molecule has 1 aromatic rings. The summed E-state index contributed by atoms with van der Waals surface area (Å²) < 4.78 is 0. The monoisotopic (exact) mass is 331 g/mol. The van der Waals surface area contributed by atoms with Crippen molar-refractivity contribution in [1.29, 1.82) is 0 Å². The zero-order chi connectivity index (χ0) is 15.5. The number of aliphatic hydroxyl groups is 2. The van der Waals surface area contributed by atoms with Crippen LogP contribution in [0.25, 0.3) is 0 Å². The third-order valence-corrected chi connectivity index (χ3v) is 5.06. The van der Waals surface area contributed by atoms with E-state index in [1.54, 1.807) is 18.2 Å². The lowest BCUT2D eigenvalue weighted by atomic mass is 10.0. The van der Waals surface area contributed by atoms with Gasteiger partial charge in [0.05, 0.1) is 21.8 Å². The molecule has 0 spiro atoms. The summed E-state index contributed by atoms with van der Waals surface area (Å²) in [5.74, 6) is 0. The van der Waals surface area contributed by atoms with Crippen LogP contribution in [-0.4, -0.2) is 40.9 Å². The molecule has 1 saturated carbocycles. The zero-order valence-electron chi connectivity index (χ0n) is 12.4. The van der Waals surface area contributed by atoms with Crippen molar-refractivity contribution < 1.29 is 10.2 Å². The molecular weight excluding hydrogens is 309 g/mol. The van der Waals surface area contributed by atoms with Gasteiger partial charge in [-0.15, -0.1) is 0 Å². The minimum absolute atomic E-state index is 0.420. The van der Waals surface area contributed by atoms with Crippen molar-refractivity contribution in [3.8, 4) is 0 Å². The topological polar surface area (TPSA) is 43.7 Å². The molecular formula is C16H23Cl2NO2. The molecule has 1 aliphatic rings. The van der Waals surface area contributed by atoms with E-state index in [-0.39, 0.29) is 0 Å². The van der Waals surface area contributed by atoms with Crippen molar-refractivity contribution in [2.24, 2.45) is 0 Å². The Morgan fingerprint density at radius 1 is 1.29 bits per heavy atom. The molecule has 2 rings (SSSR count). The highest BCUT2D eigenvalue weighted by Gasteiger charge is 2.32. The van der Waals surface area contributed by atoms with Crippen LogP contribution in [0.15, 0.2) is 18.2 Å². The van der Waals surface area contributed by atoms with Gasteiger partial charge in [-0.25, -0.2) is 0 Å². The van der Waals surface area contributed by atoms with Crippen molar-refractivity contribution in [1.82, 2.24) is 4.90 Å². The highest BCUT2D eigenvalue weighted by atomic mass is 35.5. The van der Waals surface area contributed by atoms with Crippen molar-refractivity contribution in [3.63, 3.8) is 0 Å². The molecule has 1 atom stereocenters. The molecule has 0 bridgehead atoms. The molecule has 1 aromatic carbocycles. The standard InChI is InChI=1S/C16H23Cl2NO2/c1-19(11-16(21)8-2-3-9-16)10-7-14(20)12-5-4-6-13(17)15(12)18/h4-6,14,20-21H,2-3,7-11H2,1H3. The Morgan fingerprint density at radius 2 is 1.95 bits per heavy atom. The Kier molecular flexibility index (Phi) is 5.92. The van der Waals surface area contributed by atoms with Crippen molar-refractivity contribution >= 4 is 23.2 Å². The van der Waals surface area contributed by atoms with Crippen LogP contribution < -0.4 is 0 Å². The van der Waals surface area contributed by atoms with Gasteiger partial charge in [0, 0.05) is 18.7 Å². The van der Waals surface area contributed by atoms with Crippen LogP contribution in [0.5, 0.6) is 0 Å². The largest absolute Gasteiger partial charge is 0.389 e. The first-order valence-electron chi connectivity index (χ1n) is 7.44. The van der Waals surface area contributed by atoms with Gasteiger partial charge in [0.15, 0.2) is 0 Å². The van der Waals surface area contributed by atoms with E-state index in [1.807, 2.05) is 7.05 Å². The van der Waals surface area contributed by atoms with Crippen molar-refractivity contribution in [2.45, 2.75) is 43.8 Å². The second-order valence-corrected chi connectivity index (χ2v) is 6.90. The van der Waals surface area contributed by atoms with Crippen LogP contribution in [-0.2, 0) is 0 Å². The average molecular weight is 332 g/mol. The number of aliphatic hydroxyl groups excluding tert-OH is 1. The normalized spacial score (nSPS) is 19.1. The number of halogens is 2. The molecule has 0 heterocycles. The molecule has 0 radical (unpaired) electrons. The SMILES string of the molecule is CN(CCC(O)c1cccc(Cl)c1Cl)CC1(O)CCCC1. The molecule has 3 nitrogen and oxygen atoms in total. The fraction of sp³-hybridized carbons (Fsp3) is 0.625. The number of hydrogen-bond donors (Lipinski definition) is 2. The Labute approximate surface area is 136 Å². The number of hydrogen-bond acceptors (Lipinski definition) is 3. The van der Waals surface area contributed by atoms with E-state index in [1.165, 1.54) is 0 Å². The predicted octanol–water partition coefficient (Wildman–Crippen LogP) is 3.65. The van der Waals surface area contributed by atoms with Crippen molar-refractivity contribution in [2.75, 3.05) is 20.1 Å². The maximum atomic E-state index is 10.4. The Hall–Kier alpha value is -0.320. The first kappa shape index (κ1) is 17.0. The molecule has 0 aliphatic heterocycles. The van der Waals surface area contributed by atoms with Gasteiger partial charge in [-0.05, 0) is 32.4 Å².